The molecule has 5 heteroatoms. The number of hydrogen-bond acceptors (Lipinski definition) is 4. The van der Waals surface area contributed by atoms with Crippen molar-refractivity contribution in [1.29, 1.82) is 0 Å². The molecule has 2 aliphatic heterocycles. The monoisotopic (exact) mass is 844 g/mol. The fourth-order valence-corrected chi connectivity index (χ4v) is 7.86. The smallest absolute Gasteiger partial charge is 0.155 e. The molecule has 0 aliphatic carbocycles. The van der Waals surface area contributed by atoms with E-state index in [2.05, 4.69) is 154 Å². The van der Waals surface area contributed by atoms with Crippen molar-refractivity contribution in [2.24, 2.45) is 0 Å². The summed E-state index contributed by atoms with van der Waals surface area (Å²) in [5.41, 5.74) is 11.5. The SMILES string of the molecule is CC(=O)/C=C(/C)O.CC1(C)c2[c-]c(-c3ccc4ccccc4n3)cc3c2N(c2cc4ccccc4cc21)c1cc2ccccc2cc1C3(C)C.[Ir]. The molecular weight excluding hydrogens is 805 g/mol. The molecule has 0 bridgehead atoms. The van der Waals surface area contributed by atoms with E-state index in [1.807, 2.05) is 0 Å². The molecule has 4 nitrogen and oxygen atoms in total. The van der Waals surface area contributed by atoms with Crippen LogP contribution in [-0.4, -0.2) is 15.9 Å². The second-order valence-corrected chi connectivity index (χ2v) is 14.6. The van der Waals surface area contributed by atoms with Gasteiger partial charge >= 0.3 is 0 Å². The molecule has 6 aromatic carbocycles. The minimum absolute atomic E-state index is 0. The number of rotatable bonds is 2. The number of benzene rings is 6. The molecule has 3 heterocycles. The molecule has 1 aromatic heterocycles. The number of aliphatic hydroxyl groups excluding tert-OH is 1. The summed E-state index contributed by atoms with van der Waals surface area (Å²) < 4.78 is 0. The first kappa shape index (κ1) is 34.4. The molecule has 0 saturated heterocycles. The van der Waals surface area contributed by atoms with E-state index in [-0.39, 0.29) is 42.5 Å². The Morgan fingerprint density at radius 2 is 1.18 bits per heavy atom. The molecule has 0 spiro atoms. The molecule has 1 N–H and O–H groups in total. The molecule has 51 heavy (non-hydrogen) atoms. The number of pyridine rings is 1. The number of anilines is 3. The molecular formula is C46H39IrN2O2-. The minimum Gasteiger partial charge on any atom is -0.512 e. The molecule has 0 fully saturated rings. The van der Waals surface area contributed by atoms with E-state index in [1.54, 1.807) is 0 Å². The predicted molar refractivity (Wildman–Crippen MR) is 207 cm³/mol. The van der Waals surface area contributed by atoms with Crippen LogP contribution in [0.2, 0.25) is 0 Å². The Morgan fingerprint density at radius 3 is 1.71 bits per heavy atom. The fraction of sp³-hybridized carbons (Fsp3) is 0.174. The van der Waals surface area contributed by atoms with Crippen LogP contribution in [0.1, 0.15) is 63.8 Å². The molecule has 0 saturated carbocycles. The van der Waals surface area contributed by atoms with Gasteiger partial charge in [-0.25, -0.2) is 0 Å². The number of carbonyl (C=O) groups is 1. The summed E-state index contributed by atoms with van der Waals surface area (Å²) in [6.07, 6.45) is 1.17. The number of fused-ring (bicyclic) bond motifs is 7. The average Bonchev–Trinajstić information content (AvgIpc) is 3.09. The molecule has 255 valence electrons. The number of nitrogens with zero attached hydrogens (tertiary/aromatic N) is 2. The summed E-state index contributed by atoms with van der Waals surface area (Å²) in [5.74, 6) is -0.0625. The second kappa shape index (κ2) is 12.6. The maximum Gasteiger partial charge on any atom is 0.155 e. The number of allylic oxidation sites excluding steroid dienone is 2. The van der Waals surface area contributed by atoms with Crippen LogP contribution in [0.4, 0.5) is 17.1 Å². The van der Waals surface area contributed by atoms with Crippen molar-refractivity contribution in [1.82, 2.24) is 4.98 Å². The summed E-state index contributed by atoms with van der Waals surface area (Å²) in [7, 11) is 0. The van der Waals surface area contributed by atoms with Gasteiger partial charge in [0.25, 0.3) is 0 Å². The molecule has 0 unspecified atom stereocenters. The average molecular weight is 844 g/mol. The van der Waals surface area contributed by atoms with Crippen molar-refractivity contribution in [3.05, 3.63) is 155 Å². The van der Waals surface area contributed by atoms with Gasteiger partial charge in [0, 0.05) is 48.4 Å². The number of ketones is 1. The minimum atomic E-state index is -0.267. The van der Waals surface area contributed by atoms with E-state index >= 15 is 0 Å². The first-order chi connectivity index (χ1) is 23.9. The van der Waals surface area contributed by atoms with E-state index in [0.717, 1.165) is 22.2 Å². The molecule has 1 radical (unpaired) electrons. The van der Waals surface area contributed by atoms with Gasteiger partial charge in [-0.15, -0.1) is 17.7 Å². The Kier molecular flexibility index (Phi) is 8.49. The maximum absolute atomic E-state index is 10.0. The van der Waals surface area contributed by atoms with Crippen molar-refractivity contribution < 1.29 is 30.0 Å². The number of carbonyl (C=O) groups excluding carboxylic acids is 1. The standard InChI is InChI=1S/C41H31N2.C5H8O2.Ir/c1-40(2)31-19-26-12-5-7-14-28(26)23-37(31)43-38-24-29-15-8-6-13-27(29)20-32(38)41(3,4)34-22-30(21-33(40)39(34)43)36-18-17-25-11-9-10-16-35(25)42-36;1-4(6)3-5(2)7;/h5-21,23-24H,1-4H3;3,6H,1-2H3;/q-1;;/b;4-3-;. The maximum atomic E-state index is 10.0. The number of aliphatic hydroxyl groups is 1. The van der Waals surface area contributed by atoms with Gasteiger partial charge in [-0.1, -0.05) is 118 Å². The van der Waals surface area contributed by atoms with Gasteiger partial charge in [0.2, 0.25) is 0 Å². The molecule has 0 amide bonds. The molecule has 0 atom stereocenters. The largest absolute Gasteiger partial charge is 0.512 e. The zero-order valence-corrected chi connectivity index (χ0v) is 32.0. The van der Waals surface area contributed by atoms with Crippen LogP contribution in [0.25, 0.3) is 43.7 Å². The predicted octanol–water partition coefficient (Wildman–Crippen LogP) is 11.8. The van der Waals surface area contributed by atoms with Crippen molar-refractivity contribution >= 4 is 55.3 Å². The normalized spacial score (nSPS) is 14.9. The fourth-order valence-electron chi connectivity index (χ4n) is 7.86. The van der Waals surface area contributed by atoms with Crippen LogP contribution in [0.15, 0.2) is 127 Å². The summed E-state index contributed by atoms with van der Waals surface area (Å²) in [6.45, 7) is 12.3. The third-order valence-electron chi connectivity index (χ3n) is 10.4. The van der Waals surface area contributed by atoms with Crippen molar-refractivity contribution in [3.63, 3.8) is 0 Å². The summed E-state index contributed by atoms with van der Waals surface area (Å²) in [6, 6.07) is 46.1. The van der Waals surface area contributed by atoms with Gasteiger partial charge in [0.15, 0.2) is 5.78 Å². The molecule has 9 rings (SSSR count). The van der Waals surface area contributed by atoms with Crippen LogP contribution in [0, 0.1) is 6.07 Å². The van der Waals surface area contributed by atoms with Gasteiger partial charge < -0.3 is 10.0 Å². The Hall–Kier alpha value is -5.09. The van der Waals surface area contributed by atoms with Crippen molar-refractivity contribution in [3.8, 4) is 11.3 Å². The number of hydrogen-bond donors (Lipinski definition) is 1. The third kappa shape index (κ3) is 5.66. The Balaban J connectivity index is 0.000000464. The van der Waals surface area contributed by atoms with Crippen LogP contribution < -0.4 is 4.90 Å². The van der Waals surface area contributed by atoms with Crippen molar-refractivity contribution in [2.45, 2.75) is 52.4 Å². The Bertz CT molecular complexity index is 2440. The van der Waals surface area contributed by atoms with E-state index in [0.29, 0.717) is 0 Å². The van der Waals surface area contributed by atoms with Gasteiger partial charge in [-0.2, -0.15) is 0 Å². The summed E-state index contributed by atoms with van der Waals surface area (Å²) >= 11 is 0. The Morgan fingerprint density at radius 1 is 0.667 bits per heavy atom. The summed E-state index contributed by atoms with van der Waals surface area (Å²) in [4.78, 5) is 17.7. The first-order valence-corrected chi connectivity index (χ1v) is 17.2. The van der Waals surface area contributed by atoms with Gasteiger partial charge in [0.05, 0.1) is 11.3 Å². The van der Waals surface area contributed by atoms with Crippen molar-refractivity contribution in [2.75, 3.05) is 4.90 Å². The van der Waals surface area contributed by atoms with E-state index in [9.17, 15) is 4.79 Å². The van der Waals surface area contributed by atoms with Gasteiger partial charge in [-0.3, -0.25) is 9.78 Å². The number of aromatic nitrogens is 1. The van der Waals surface area contributed by atoms with Crippen LogP contribution in [-0.2, 0) is 35.7 Å². The van der Waals surface area contributed by atoms with E-state index < -0.39 is 0 Å². The first-order valence-electron chi connectivity index (χ1n) is 17.2. The number of para-hydroxylation sites is 1. The zero-order valence-electron chi connectivity index (χ0n) is 29.6. The molecule has 2 aliphatic rings. The Labute approximate surface area is 312 Å². The summed E-state index contributed by atoms with van der Waals surface area (Å²) in [5, 5.41) is 14.6. The van der Waals surface area contributed by atoms with E-state index in [4.69, 9.17) is 10.1 Å². The van der Waals surface area contributed by atoms with Crippen LogP contribution >= 0.6 is 0 Å². The topological polar surface area (TPSA) is 53.4 Å². The zero-order chi connectivity index (χ0) is 34.9. The van der Waals surface area contributed by atoms with Crippen LogP contribution in [0.5, 0.6) is 0 Å². The third-order valence-corrected chi connectivity index (χ3v) is 10.4. The van der Waals surface area contributed by atoms with Gasteiger partial charge in [0.1, 0.15) is 0 Å². The quantitative estimate of drug-likeness (QED) is 0.107. The van der Waals surface area contributed by atoms with Gasteiger partial charge in [-0.05, 0) is 93.6 Å². The molecule has 7 aromatic rings. The van der Waals surface area contributed by atoms with Crippen LogP contribution in [0.3, 0.4) is 0 Å². The second-order valence-electron chi connectivity index (χ2n) is 14.6. The van der Waals surface area contributed by atoms with E-state index in [1.165, 1.54) is 80.8 Å².